The molecule has 0 saturated carbocycles. The summed E-state index contributed by atoms with van der Waals surface area (Å²) in [7, 11) is 0. The average molecular weight is 205 g/mol. The highest BCUT2D eigenvalue weighted by atomic mass is 16.3. The Morgan fingerprint density at radius 1 is 0.867 bits per heavy atom. The fourth-order valence-electron chi connectivity index (χ4n) is 1.58. The van der Waals surface area contributed by atoms with E-state index in [4.69, 9.17) is 0 Å². The molecule has 0 unspecified atom stereocenters. The molecule has 1 aromatic carbocycles. The molecule has 1 heteroatoms. The van der Waals surface area contributed by atoms with Crippen LogP contribution in [0.5, 0.6) is 5.75 Å². The van der Waals surface area contributed by atoms with Crippen molar-refractivity contribution in [2.75, 3.05) is 0 Å². The predicted octanol–water partition coefficient (Wildman–Crippen LogP) is 3.36. The van der Waals surface area contributed by atoms with Gasteiger partial charge in [0.15, 0.2) is 0 Å². The molecule has 0 amide bonds. The van der Waals surface area contributed by atoms with E-state index in [1.807, 2.05) is 6.07 Å². The van der Waals surface area contributed by atoms with Crippen molar-refractivity contribution in [3.63, 3.8) is 0 Å². The number of rotatable bonds is 0. The van der Waals surface area contributed by atoms with Gasteiger partial charge >= 0.3 is 0 Å². The van der Waals surface area contributed by atoms with Crippen LogP contribution in [0.25, 0.3) is 0 Å². The van der Waals surface area contributed by atoms with Crippen LogP contribution in [0.4, 0.5) is 0 Å². The molecule has 1 aromatic rings. The minimum Gasteiger partial charge on any atom is -0.872 e. The van der Waals surface area contributed by atoms with Gasteiger partial charge in [0.2, 0.25) is 0 Å². The average Bonchev–Trinajstić information content (AvgIpc) is 2.00. The fourth-order valence-corrected chi connectivity index (χ4v) is 1.58. The Balaban J connectivity index is 3.30. The summed E-state index contributed by atoms with van der Waals surface area (Å²) in [6.07, 6.45) is 0. The molecule has 0 N–H and O–H groups in total. The lowest BCUT2D eigenvalue weighted by molar-refractivity contribution is -0.270. The summed E-state index contributed by atoms with van der Waals surface area (Å²) in [6.45, 7) is 12.7. The van der Waals surface area contributed by atoms with Gasteiger partial charge in [-0.3, -0.25) is 0 Å². The lowest BCUT2D eigenvalue weighted by Crippen LogP contribution is -2.18. The van der Waals surface area contributed by atoms with E-state index < -0.39 is 0 Å². The molecule has 0 spiro atoms. The van der Waals surface area contributed by atoms with Crippen molar-refractivity contribution in [1.29, 1.82) is 0 Å². The van der Waals surface area contributed by atoms with E-state index in [1.54, 1.807) is 6.07 Å². The minimum absolute atomic E-state index is 0.0711. The summed E-state index contributed by atoms with van der Waals surface area (Å²) in [4.78, 5) is 0. The Labute approximate surface area is 93.1 Å². The first-order valence-corrected chi connectivity index (χ1v) is 5.44. The van der Waals surface area contributed by atoms with Crippen molar-refractivity contribution >= 4 is 0 Å². The van der Waals surface area contributed by atoms with E-state index in [1.165, 1.54) is 5.56 Å². The number of benzene rings is 1. The van der Waals surface area contributed by atoms with E-state index >= 15 is 0 Å². The highest BCUT2D eigenvalue weighted by molar-refractivity contribution is 5.41. The second kappa shape index (κ2) is 3.55. The van der Waals surface area contributed by atoms with Crippen molar-refractivity contribution in [3.8, 4) is 5.75 Å². The van der Waals surface area contributed by atoms with Crippen molar-refractivity contribution in [2.24, 2.45) is 0 Å². The molecule has 15 heavy (non-hydrogen) atoms. The van der Waals surface area contributed by atoms with Gasteiger partial charge in [-0.1, -0.05) is 65.3 Å². The summed E-state index contributed by atoms with van der Waals surface area (Å²) >= 11 is 0. The van der Waals surface area contributed by atoms with E-state index in [-0.39, 0.29) is 16.6 Å². The quantitative estimate of drug-likeness (QED) is 0.637. The molecular weight excluding hydrogens is 184 g/mol. The Morgan fingerprint density at radius 3 is 1.80 bits per heavy atom. The summed E-state index contributed by atoms with van der Waals surface area (Å²) < 4.78 is 0. The molecule has 0 heterocycles. The highest BCUT2D eigenvalue weighted by Gasteiger charge is 2.19. The topological polar surface area (TPSA) is 23.1 Å². The zero-order valence-corrected chi connectivity index (χ0v) is 10.6. The second-order valence-electron chi connectivity index (χ2n) is 6.21. The van der Waals surface area contributed by atoms with Crippen LogP contribution in [-0.4, -0.2) is 0 Å². The molecule has 0 bridgehead atoms. The zero-order chi connectivity index (χ0) is 11.9. The monoisotopic (exact) mass is 205 g/mol. The normalized spacial score (nSPS) is 12.9. The van der Waals surface area contributed by atoms with Crippen molar-refractivity contribution in [3.05, 3.63) is 29.3 Å². The molecule has 0 aliphatic heterocycles. The van der Waals surface area contributed by atoms with Gasteiger partial charge in [0.1, 0.15) is 0 Å². The molecule has 0 aliphatic rings. The van der Waals surface area contributed by atoms with Crippen LogP contribution in [0, 0.1) is 0 Å². The van der Waals surface area contributed by atoms with Crippen LogP contribution in [0.1, 0.15) is 52.7 Å². The summed E-state index contributed by atoms with van der Waals surface area (Å²) in [6, 6.07) is 5.70. The van der Waals surface area contributed by atoms with Gasteiger partial charge in [-0.2, -0.15) is 0 Å². The maximum atomic E-state index is 11.7. The van der Waals surface area contributed by atoms with Gasteiger partial charge in [0.25, 0.3) is 0 Å². The first kappa shape index (κ1) is 12.1. The number of hydrogen-bond acceptors (Lipinski definition) is 1. The third kappa shape index (κ3) is 2.74. The van der Waals surface area contributed by atoms with Gasteiger partial charge < -0.3 is 5.11 Å². The van der Waals surface area contributed by atoms with Crippen LogP contribution < -0.4 is 5.11 Å². The maximum absolute atomic E-state index is 11.7. The Morgan fingerprint density at radius 2 is 1.40 bits per heavy atom. The molecular formula is C14H21O-. The molecule has 84 valence electrons. The molecule has 0 radical (unpaired) electrons. The van der Waals surface area contributed by atoms with E-state index in [9.17, 15) is 5.11 Å². The first-order valence-electron chi connectivity index (χ1n) is 5.44. The largest absolute Gasteiger partial charge is 0.872 e. The SMILES string of the molecule is CC(C)(C)c1ccc([O-])c(C(C)(C)C)c1. The fraction of sp³-hybridized carbons (Fsp3) is 0.571. The summed E-state index contributed by atoms with van der Waals surface area (Å²) in [5.41, 5.74) is 2.17. The zero-order valence-electron chi connectivity index (χ0n) is 10.6. The maximum Gasteiger partial charge on any atom is -0.0132 e. The standard InChI is InChI=1S/C14H22O/c1-13(2,3)10-7-8-12(15)11(9-10)14(4,5)6/h7-9,15H,1-6H3/p-1. The molecule has 0 aliphatic carbocycles. The predicted molar refractivity (Wildman–Crippen MR) is 63.3 cm³/mol. The lowest BCUT2D eigenvalue weighted by atomic mass is 9.80. The Kier molecular flexibility index (Phi) is 2.86. The summed E-state index contributed by atoms with van der Waals surface area (Å²) in [5.74, 6) is 0.149. The Bertz CT molecular complexity index is 351. The third-order valence-corrected chi connectivity index (χ3v) is 2.65. The molecule has 0 atom stereocenters. The second-order valence-corrected chi connectivity index (χ2v) is 6.21. The van der Waals surface area contributed by atoms with Crippen LogP contribution in [-0.2, 0) is 10.8 Å². The summed E-state index contributed by atoms with van der Waals surface area (Å²) in [5, 5.41) is 11.7. The van der Waals surface area contributed by atoms with Crippen LogP contribution in [0.2, 0.25) is 0 Å². The van der Waals surface area contributed by atoms with E-state index in [2.05, 4.69) is 47.6 Å². The molecule has 1 rings (SSSR count). The first-order chi connectivity index (χ1) is 6.62. The van der Waals surface area contributed by atoms with Crippen LogP contribution in [0.15, 0.2) is 18.2 Å². The van der Waals surface area contributed by atoms with Gasteiger partial charge in [-0.15, -0.1) is 5.75 Å². The molecule has 0 fully saturated rings. The molecule has 1 nitrogen and oxygen atoms in total. The van der Waals surface area contributed by atoms with E-state index in [0.717, 1.165) is 5.56 Å². The smallest absolute Gasteiger partial charge is 0.0132 e. The van der Waals surface area contributed by atoms with Crippen LogP contribution >= 0.6 is 0 Å². The minimum atomic E-state index is -0.0711. The lowest BCUT2D eigenvalue weighted by Gasteiger charge is -2.29. The van der Waals surface area contributed by atoms with Crippen molar-refractivity contribution in [1.82, 2.24) is 0 Å². The van der Waals surface area contributed by atoms with Crippen molar-refractivity contribution < 1.29 is 5.11 Å². The van der Waals surface area contributed by atoms with Crippen molar-refractivity contribution in [2.45, 2.75) is 52.4 Å². The highest BCUT2D eigenvalue weighted by Crippen LogP contribution is 2.33. The van der Waals surface area contributed by atoms with E-state index in [0.29, 0.717) is 0 Å². The van der Waals surface area contributed by atoms with Gasteiger partial charge in [0.05, 0.1) is 0 Å². The van der Waals surface area contributed by atoms with Gasteiger partial charge in [0, 0.05) is 0 Å². The Hall–Kier alpha value is -0.980. The number of hydrogen-bond donors (Lipinski definition) is 0. The van der Waals surface area contributed by atoms with Gasteiger partial charge in [-0.25, -0.2) is 0 Å². The van der Waals surface area contributed by atoms with Gasteiger partial charge in [-0.05, 0) is 16.4 Å². The third-order valence-electron chi connectivity index (χ3n) is 2.65. The van der Waals surface area contributed by atoms with Crippen LogP contribution in [0.3, 0.4) is 0 Å². The molecule has 0 aromatic heterocycles. The molecule has 0 saturated heterocycles.